The van der Waals surface area contributed by atoms with Crippen molar-refractivity contribution in [1.82, 2.24) is 0 Å². The van der Waals surface area contributed by atoms with Crippen LogP contribution in [0.4, 0.5) is 11.4 Å². The first kappa shape index (κ1) is 12.7. The zero-order valence-corrected chi connectivity index (χ0v) is 12.3. The predicted molar refractivity (Wildman–Crippen MR) is 78.9 cm³/mol. The molecule has 17 heavy (non-hydrogen) atoms. The first-order valence-electron chi connectivity index (χ1n) is 6.49. The summed E-state index contributed by atoms with van der Waals surface area (Å²) >= 11 is 3.69. The van der Waals surface area contributed by atoms with Crippen LogP contribution in [0.3, 0.4) is 0 Å². The van der Waals surface area contributed by atoms with Crippen molar-refractivity contribution in [2.24, 2.45) is 5.92 Å². The van der Waals surface area contributed by atoms with Crippen LogP contribution in [0.2, 0.25) is 0 Å². The van der Waals surface area contributed by atoms with Gasteiger partial charge in [-0.2, -0.15) is 0 Å². The Kier molecular flexibility index (Phi) is 4.32. The van der Waals surface area contributed by atoms with Gasteiger partial charge in [-0.1, -0.05) is 6.92 Å². The summed E-state index contributed by atoms with van der Waals surface area (Å²) in [5.74, 6) is 0.881. The second kappa shape index (κ2) is 5.76. The van der Waals surface area contributed by atoms with Gasteiger partial charge >= 0.3 is 0 Å². The van der Waals surface area contributed by atoms with Crippen molar-refractivity contribution in [2.75, 3.05) is 29.9 Å². The van der Waals surface area contributed by atoms with Gasteiger partial charge in [0, 0.05) is 29.8 Å². The minimum absolute atomic E-state index is 0.881. The standard InChI is InChI=1S/C14H21BrN2/c1-3-16-12-4-5-14(13(15)10-12)17-8-6-11(2)7-9-17/h4-5,10-11,16H,3,6-9H2,1-2H3. The van der Waals surface area contributed by atoms with Gasteiger partial charge in [-0.3, -0.25) is 0 Å². The second-order valence-electron chi connectivity index (χ2n) is 4.87. The Bertz CT molecular complexity index is 370. The van der Waals surface area contributed by atoms with Crippen molar-refractivity contribution in [1.29, 1.82) is 0 Å². The molecule has 94 valence electrons. The van der Waals surface area contributed by atoms with Gasteiger partial charge in [0.25, 0.3) is 0 Å². The lowest BCUT2D eigenvalue weighted by Gasteiger charge is -2.33. The lowest BCUT2D eigenvalue weighted by molar-refractivity contribution is 0.438. The van der Waals surface area contributed by atoms with Gasteiger partial charge in [0.1, 0.15) is 0 Å². The molecule has 1 aromatic carbocycles. The largest absolute Gasteiger partial charge is 0.385 e. The van der Waals surface area contributed by atoms with E-state index in [1.807, 2.05) is 0 Å². The van der Waals surface area contributed by atoms with E-state index in [-0.39, 0.29) is 0 Å². The van der Waals surface area contributed by atoms with Gasteiger partial charge in [0.2, 0.25) is 0 Å². The summed E-state index contributed by atoms with van der Waals surface area (Å²) in [5, 5.41) is 3.34. The third-order valence-electron chi connectivity index (χ3n) is 3.45. The Morgan fingerprint density at radius 2 is 2.06 bits per heavy atom. The minimum Gasteiger partial charge on any atom is -0.385 e. The summed E-state index contributed by atoms with van der Waals surface area (Å²) < 4.78 is 1.20. The molecule has 0 spiro atoms. The van der Waals surface area contributed by atoms with Crippen molar-refractivity contribution in [2.45, 2.75) is 26.7 Å². The number of nitrogens with one attached hydrogen (secondary N) is 1. The van der Waals surface area contributed by atoms with Crippen molar-refractivity contribution in [3.63, 3.8) is 0 Å². The molecular weight excluding hydrogens is 276 g/mol. The molecular formula is C14H21BrN2. The second-order valence-corrected chi connectivity index (χ2v) is 5.72. The van der Waals surface area contributed by atoms with Crippen LogP contribution in [0, 0.1) is 5.92 Å². The van der Waals surface area contributed by atoms with Crippen LogP contribution >= 0.6 is 15.9 Å². The Labute approximate surface area is 113 Å². The van der Waals surface area contributed by atoms with Gasteiger partial charge in [0.15, 0.2) is 0 Å². The molecule has 0 amide bonds. The monoisotopic (exact) mass is 296 g/mol. The number of hydrogen-bond acceptors (Lipinski definition) is 2. The first-order chi connectivity index (χ1) is 8.20. The molecule has 0 bridgehead atoms. The molecule has 0 saturated carbocycles. The van der Waals surface area contributed by atoms with Crippen molar-refractivity contribution in [3.05, 3.63) is 22.7 Å². The molecule has 1 heterocycles. The SMILES string of the molecule is CCNc1ccc(N2CCC(C)CC2)c(Br)c1. The van der Waals surface area contributed by atoms with E-state index >= 15 is 0 Å². The van der Waals surface area contributed by atoms with Crippen LogP contribution in [0.25, 0.3) is 0 Å². The van der Waals surface area contributed by atoms with Crippen molar-refractivity contribution >= 4 is 27.3 Å². The molecule has 0 aliphatic carbocycles. The Balaban J connectivity index is 2.10. The topological polar surface area (TPSA) is 15.3 Å². The minimum atomic E-state index is 0.881. The van der Waals surface area contributed by atoms with E-state index in [4.69, 9.17) is 0 Å². The molecule has 0 radical (unpaired) electrons. The molecule has 2 nitrogen and oxygen atoms in total. The summed E-state index contributed by atoms with van der Waals surface area (Å²) in [7, 11) is 0. The summed E-state index contributed by atoms with van der Waals surface area (Å²) in [6, 6.07) is 6.57. The molecule has 1 fully saturated rings. The Hall–Kier alpha value is -0.700. The number of hydrogen-bond donors (Lipinski definition) is 1. The maximum atomic E-state index is 3.69. The Morgan fingerprint density at radius 1 is 1.35 bits per heavy atom. The third-order valence-corrected chi connectivity index (χ3v) is 4.09. The van der Waals surface area contributed by atoms with Crippen LogP contribution in [-0.2, 0) is 0 Å². The van der Waals surface area contributed by atoms with E-state index in [2.05, 4.69) is 58.2 Å². The number of nitrogens with zero attached hydrogens (tertiary/aromatic N) is 1. The lowest BCUT2D eigenvalue weighted by atomic mass is 9.99. The quantitative estimate of drug-likeness (QED) is 0.903. The summed E-state index contributed by atoms with van der Waals surface area (Å²) in [6.07, 6.45) is 2.61. The summed E-state index contributed by atoms with van der Waals surface area (Å²) in [6.45, 7) is 7.79. The van der Waals surface area contributed by atoms with E-state index in [1.165, 1.54) is 41.8 Å². The van der Waals surface area contributed by atoms with E-state index in [0.29, 0.717) is 0 Å². The molecule has 1 saturated heterocycles. The van der Waals surface area contributed by atoms with Gasteiger partial charge < -0.3 is 10.2 Å². The highest BCUT2D eigenvalue weighted by atomic mass is 79.9. The zero-order chi connectivity index (χ0) is 12.3. The predicted octanol–water partition coefficient (Wildman–Crippen LogP) is 4.12. The number of piperidine rings is 1. The van der Waals surface area contributed by atoms with Crippen LogP contribution in [0.1, 0.15) is 26.7 Å². The molecule has 0 unspecified atom stereocenters. The average molecular weight is 297 g/mol. The van der Waals surface area contributed by atoms with E-state index in [9.17, 15) is 0 Å². The highest BCUT2D eigenvalue weighted by Gasteiger charge is 2.17. The van der Waals surface area contributed by atoms with Crippen molar-refractivity contribution < 1.29 is 0 Å². The lowest BCUT2D eigenvalue weighted by Crippen LogP contribution is -2.32. The number of halogens is 1. The number of benzene rings is 1. The molecule has 1 aliphatic rings. The normalized spacial score (nSPS) is 17.2. The maximum Gasteiger partial charge on any atom is 0.0512 e. The Morgan fingerprint density at radius 3 is 2.65 bits per heavy atom. The molecule has 3 heteroatoms. The zero-order valence-electron chi connectivity index (χ0n) is 10.7. The van der Waals surface area contributed by atoms with Gasteiger partial charge in [-0.25, -0.2) is 0 Å². The molecule has 0 atom stereocenters. The van der Waals surface area contributed by atoms with Gasteiger partial charge in [-0.15, -0.1) is 0 Å². The fourth-order valence-electron chi connectivity index (χ4n) is 2.33. The molecule has 1 aliphatic heterocycles. The van der Waals surface area contributed by atoms with Crippen LogP contribution in [0.15, 0.2) is 22.7 Å². The molecule has 2 rings (SSSR count). The molecule has 1 N–H and O–H groups in total. The van der Waals surface area contributed by atoms with E-state index in [0.717, 1.165) is 12.5 Å². The fourth-order valence-corrected chi connectivity index (χ4v) is 2.96. The van der Waals surface area contributed by atoms with Crippen molar-refractivity contribution in [3.8, 4) is 0 Å². The average Bonchev–Trinajstić information content (AvgIpc) is 2.31. The maximum absolute atomic E-state index is 3.69. The van der Waals surface area contributed by atoms with E-state index in [1.54, 1.807) is 0 Å². The summed E-state index contributed by atoms with van der Waals surface area (Å²) in [5.41, 5.74) is 2.52. The fraction of sp³-hybridized carbons (Fsp3) is 0.571. The van der Waals surface area contributed by atoms with Gasteiger partial charge in [0.05, 0.1) is 5.69 Å². The summed E-state index contributed by atoms with van der Waals surface area (Å²) in [4.78, 5) is 2.49. The van der Waals surface area contributed by atoms with Crippen LogP contribution < -0.4 is 10.2 Å². The highest BCUT2D eigenvalue weighted by Crippen LogP contribution is 2.31. The van der Waals surface area contributed by atoms with Crippen LogP contribution in [-0.4, -0.2) is 19.6 Å². The van der Waals surface area contributed by atoms with E-state index < -0.39 is 0 Å². The molecule has 0 aromatic heterocycles. The number of anilines is 2. The highest BCUT2D eigenvalue weighted by molar-refractivity contribution is 9.10. The van der Waals surface area contributed by atoms with Gasteiger partial charge in [-0.05, 0) is 59.8 Å². The third kappa shape index (κ3) is 3.15. The smallest absolute Gasteiger partial charge is 0.0512 e. The van der Waals surface area contributed by atoms with Crippen LogP contribution in [0.5, 0.6) is 0 Å². The first-order valence-corrected chi connectivity index (χ1v) is 7.28. The number of rotatable bonds is 3. The molecule has 1 aromatic rings.